The number of hydrogen-bond donors (Lipinski definition) is 3. The van der Waals surface area contributed by atoms with Crippen LogP contribution >= 0.6 is 0 Å². The Morgan fingerprint density at radius 2 is 2.00 bits per heavy atom. The molecule has 1 amide bonds. The molecule has 1 saturated carbocycles. The first kappa shape index (κ1) is 12.1. The molecule has 1 aliphatic rings. The highest BCUT2D eigenvalue weighted by molar-refractivity contribution is 5.94. The van der Waals surface area contributed by atoms with Crippen molar-refractivity contribution in [3.63, 3.8) is 0 Å². The van der Waals surface area contributed by atoms with Gasteiger partial charge in [0.2, 0.25) is 0 Å². The SMILES string of the molecule is N[C@@H]1CCC[C@@H](NC(=O)c2ccccc2)[C@H]1O. The van der Waals surface area contributed by atoms with E-state index in [0.29, 0.717) is 5.56 Å². The van der Waals surface area contributed by atoms with Crippen LogP contribution in [0.3, 0.4) is 0 Å². The van der Waals surface area contributed by atoms with Gasteiger partial charge in [0, 0.05) is 11.6 Å². The summed E-state index contributed by atoms with van der Waals surface area (Å²) in [7, 11) is 0. The maximum atomic E-state index is 11.9. The molecule has 1 fully saturated rings. The van der Waals surface area contributed by atoms with E-state index in [-0.39, 0.29) is 18.0 Å². The zero-order valence-electron chi connectivity index (χ0n) is 9.67. The Hall–Kier alpha value is -1.39. The summed E-state index contributed by atoms with van der Waals surface area (Å²) in [6.07, 6.45) is 1.90. The lowest BCUT2D eigenvalue weighted by molar-refractivity contribution is 0.0616. The number of hydrogen-bond acceptors (Lipinski definition) is 3. The Labute approximate surface area is 101 Å². The molecule has 0 heterocycles. The molecule has 17 heavy (non-hydrogen) atoms. The van der Waals surface area contributed by atoms with Gasteiger partial charge >= 0.3 is 0 Å². The largest absolute Gasteiger partial charge is 0.389 e. The first-order valence-electron chi connectivity index (χ1n) is 5.98. The monoisotopic (exact) mass is 234 g/mol. The predicted octanol–water partition coefficient (Wildman–Crippen LogP) is 0.657. The van der Waals surface area contributed by atoms with Crippen LogP contribution in [0.5, 0.6) is 0 Å². The molecule has 92 valence electrons. The molecule has 0 aromatic heterocycles. The number of rotatable bonds is 2. The normalized spacial score (nSPS) is 28.7. The quantitative estimate of drug-likeness (QED) is 0.703. The molecule has 1 aromatic rings. The first-order valence-corrected chi connectivity index (χ1v) is 5.98. The van der Waals surface area contributed by atoms with Gasteiger partial charge in [-0.25, -0.2) is 0 Å². The topological polar surface area (TPSA) is 75.3 Å². The van der Waals surface area contributed by atoms with E-state index in [4.69, 9.17) is 5.73 Å². The second kappa shape index (κ2) is 5.29. The van der Waals surface area contributed by atoms with Crippen LogP contribution in [0.1, 0.15) is 29.6 Å². The van der Waals surface area contributed by atoms with Crippen LogP contribution in [-0.2, 0) is 0 Å². The van der Waals surface area contributed by atoms with Crippen LogP contribution in [-0.4, -0.2) is 29.2 Å². The lowest BCUT2D eigenvalue weighted by Crippen LogP contribution is -2.53. The number of nitrogens with two attached hydrogens (primary N) is 1. The van der Waals surface area contributed by atoms with Gasteiger partial charge in [0.25, 0.3) is 5.91 Å². The number of carbonyl (C=O) groups is 1. The molecule has 0 spiro atoms. The van der Waals surface area contributed by atoms with Crippen molar-refractivity contribution in [3.05, 3.63) is 35.9 Å². The number of carbonyl (C=O) groups excluding carboxylic acids is 1. The molecular formula is C13H18N2O2. The Kier molecular flexibility index (Phi) is 3.76. The van der Waals surface area contributed by atoms with Gasteiger partial charge in [-0.3, -0.25) is 4.79 Å². The minimum Gasteiger partial charge on any atom is -0.389 e. The number of aliphatic hydroxyl groups is 1. The van der Waals surface area contributed by atoms with E-state index in [9.17, 15) is 9.90 Å². The van der Waals surface area contributed by atoms with Crippen molar-refractivity contribution < 1.29 is 9.90 Å². The molecule has 1 aliphatic carbocycles. The van der Waals surface area contributed by atoms with Crippen molar-refractivity contribution in [2.75, 3.05) is 0 Å². The minimum absolute atomic E-state index is 0.149. The molecule has 4 heteroatoms. The Bertz CT molecular complexity index is 380. The van der Waals surface area contributed by atoms with Gasteiger partial charge in [-0.1, -0.05) is 18.2 Å². The van der Waals surface area contributed by atoms with Crippen LogP contribution in [0.4, 0.5) is 0 Å². The van der Waals surface area contributed by atoms with Crippen molar-refractivity contribution in [2.45, 2.75) is 37.5 Å². The average Bonchev–Trinajstić information content (AvgIpc) is 2.36. The fourth-order valence-corrected chi connectivity index (χ4v) is 2.21. The van der Waals surface area contributed by atoms with E-state index in [1.807, 2.05) is 18.2 Å². The van der Waals surface area contributed by atoms with Crippen molar-refractivity contribution in [1.29, 1.82) is 0 Å². The van der Waals surface area contributed by atoms with Crippen molar-refractivity contribution >= 4 is 5.91 Å². The standard InChI is InChI=1S/C13H18N2O2/c14-10-7-4-8-11(12(10)16)15-13(17)9-5-2-1-3-6-9/h1-3,5-6,10-12,16H,4,7-8,14H2,(H,15,17)/t10-,11-,12+/m1/s1. The van der Waals surface area contributed by atoms with Crippen LogP contribution in [0.2, 0.25) is 0 Å². The molecule has 4 nitrogen and oxygen atoms in total. The summed E-state index contributed by atoms with van der Waals surface area (Å²) in [5.74, 6) is -0.149. The maximum Gasteiger partial charge on any atom is 0.251 e. The van der Waals surface area contributed by atoms with E-state index in [1.54, 1.807) is 12.1 Å². The van der Waals surface area contributed by atoms with Crippen molar-refractivity contribution in [3.8, 4) is 0 Å². The summed E-state index contributed by atoms with van der Waals surface area (Å²) in [6.45, 7) is 0. The van der Waals surface area contributed by atoms with Crippen LogP contribution < -0.4 is 11.1 Å². The van der Waals surface area contributed by atoms with Gasteiger partial charge < -0.3 is 16.2 Å². The average molecular weight is 234 g/mol. The molecule has 0 saturated heterocycles. The zero-order valence-corrected chi connectivity index (χ0v) is 9.67. The van der Waals surface area contributed by atoms with Crippen LogP contribution in [0.15, 0.2) is 30.3 Å². The number of aliphatic hydroxyl groups excluding tert-OH is 1. The molecule has 1 aromatic carbocycles. The third-order valence-corrected chi connectivity index (χ3v) is 3.26. The summed E-state index contributed by atoms with van der Waals surface area (Å²) in [4.78, 5) is 11.9. The lowest BCUT2D eigenvalue weighted by Gasteiger charge is -2.33. The van der Waals surface area contributed by atoms with Gasteiger partial charge in [-0.2, -0.15) is 0 Å². The summed E-state index contributed by atoms with van der Waals surface area (Å²) >= 11 is 0. The van der Waals surface area contributed by atoms with Crippen LogP contribution in [0.25, 0.3) is 0 Å². The van der Waals surface area contributed by atoms with Gasteiger partial charge in [-0.15, -0.1) is 0 Å². The lowest BCUT2D eigenvalue weighted by atomic mass is 9.88. The van der Waals surface area contributed by atoms with Crippen molar-refractivity contribution in [1.82, 2.24) is 5.32 Å². The van der Waals surface area contributed by atoms with E-state index in [2.05, 4.69) is 5.32 Å². The highest BCUT2D eigenvalue weighted by Gasteiger charge is 2.30. The second-order valence-electron chi connectivity index (χ2n) is 4.53. The van der Waals surface area contributed by atoms with Gasteiger partial charge in [-0.05, 0) is 31.4 Å². The molecule has 4 N–H and O–H groups in total. The third kappa shape index (κ3) is 2.84. The van der Waals surface area contributed by atoms with Gasteiger partial charge in [0.05, 0.1) is 12.1 Å². The third-order valence-electron chi connectivity index (χ3n) is 3.26. The summed E-state index contributed by atoms with van der Waals surface area (Å²) in [5, 5.41) is 12.7. The maximum absolute atomic E-state index is 11.9. The van der Waals surface area contributed by atoms with E-state index in [1.165, 1.54) is 0 Å². The second-order valence-corrected chi connectivity index (χ2v) is 4.53. The van der Waals surface area contributed by atoms with E-state index < -0.39 is 6.10 Å². The van der Waals surface area contributed by atoms with Crippen molar-refractivity contribution in [2.24, 2.45) is 5.73 Å². The predicted molar refractivity (Wildman–Crippen MR) is 65.5 cm³/mol. The van der Waals surface area contributed by atoms with E-state index >= 15 is 0 Å². The highest BCUT2D eigenvalue weighted by Crippen LogP contribution is 2.18. The molecule has 0 unspecified atom stereocenters. The summed E-state index contributed by atoms with van der Waals surface area (Å²) in [5.41, 5.74) is 6.39. The van der Waals surface area contributed by atoms with Gasteiger partial charge in [0.1, 0.15) is 0 Å². The number of benzene rings is 1. The molecule has 0 bridgehead atoms. The molecular weight excluding hydrogens is 216 g/mol. The molecule has 3 atom stereocenters. The first-order chi connectivity index (χ1) is 8.18. The number of nitrogens with one attached hydrogen (secondary N) is 1. The minimum atomic E-state index is -0.642. The molecule has 2 rings (SSSR count). The van der Waals surface area contributed by atoms with Gasteiger partial charge in [0.15, 0.2) is 0 Å². The molecule has 0 radical (unpaired) electrons. The molecule has 0 aliphatic heterocycles. The highest BCUT2D eigenvalue weighted by atomic mass is 16.3. The van der Waals surface area contributed by atoms with Crippen LogP contribution in [0, 0.1) is 0 Å². The fourth-order valence-electron chi connectivity index (χ4n) is 2.21. The Balaban J connectivity index is 1.99. The zero-order chi connectivity index (χ0) is 12.3. The summed E-state index contributed by atoms with van der Waals surface area (Å²) < 4.78 is 0. The summed E-state index contributed by atoms with van der Waals surface area (Å²) in [6, 6.07) is 8.55. The fraction of sp³-hybridized carbons (Fsp3) is 0.462. The Morgan fingerprint density at radius 1 is 1.29 bits per heavy atom. The Morgan fingerprint density at radius 3 is 2.71 bits per heavy atom. The van der Waals surface area contributed by atoms with E-state index in [0.717, 1.165) is 19.3 Å². The smallest absolute Gasteiger partial charge is 0.251 e. The number of amides is 1.